The van der Waals surface area contributed by atoms with Gasteiger partial charge in [-0.05, 0) is 43.1 Å². The van der Waals surface area contributed by atoms with Crippen molar-refractivity contribution < 1.29 is 9.53 Å². The van der Waals surface area contributed by atoms with Crippen LogP contribution in [-0.2, 0) is 4.74 Å². The maximum absolute atomic E-state index is 11.8. The van der Waals surface area contributed by atoms with Gasteiger partial charge in [-0.1, -0.05) is 35.4 Å². The zero-order chi connectivity index (χ0) is 16.7. The number of carbonyl (C=O) groups is 1. The Labute approximate surface area is 134 Å². The fraction of sp³-hybridized carbons (Fsp3) is 0.235. The first-order valence-corrected chi connectivity index (χ1v) is 7.33. The summed E-state index contributed by atoms with van der Waals surface area (Å²) >= 11 is 0. The number of anilines is 1. The minimum Gasteiger partial charge on any atom is -0.462 e. The van der Waals surface area contributed by atoms with Crippen LogP contribution in [0, 0.1) is 0 Å². The zero-order valence-corrected chi connectivity index (χ0v) is 13.1. The molecule has 1 unspecified atom stereocenters. The fourth-order valence-electron chi connectivity index (χ4n) is 2.18. The van der Waals surface area contributed by atoms with Gasteiger partial charge in [0.15, 0.2) is 0 Å². The SMILES string of the molecule is CCOC(=O)c1ccc(NC(C)c2ccccc2)c(N=[N+]=[N-])c1. The van der Waals surface area contributed by atoms with Crippen molar-refractivity contribution in [3.05, 3.63) is 70.1 Å². The molecule has 0 aliphatic carbocycles. The molecule has 0 radical (unpaired) electrons. The molecule has 1 N–H and O–H groups in total. The predicted molar refractivity (Wildman–Crippen MR) is 89.7 cm³/mol. The number of nitrogens with zero attached hydrogens (tertiary/aromatic N) is 3. The van der Waals surface area contributed by atoms with E-state index in [4.69, 9.17) is 10.3 Å². The van der Waals surface area contributed by atoms with E-state index in [1.54, 1.807) is 19.1 Å². The maximum atomic E-state index is 11.8. The predicted octanol–water partition coefficient (Wildman–Crippen LogP) is 4.98. The summed E-state index contributed by atoms with van der Waals surface area (Å²) in [5.74, 6) is -0.440. The Morgan fingerprint density at radius 3 is 2.70 bits per heavy atom. The molecule has 0 aliphatic heterocycles. The van der Waals surface area contributed by atoms with Gasteiger partial charge in [-0.3, -0.25) is 0 Å². The van der Waals surface area contributed by atoms with Gasteiger partial charge in [0.2, 0.25) is 0 Å². The number of rotatable bonds is 6. The van der Waals surface area contributed by atoms with Crippen molar-refractivity contribution in [1.82, 2.24) is 0 Å². The summed E-state index contributed by atoms with van der Waals surface area (Å²) in [6.45, 7) is 4.04. The first-order valence-electron chi connectivity index (χ1n) is 7.33. The summed E-state index contributed by atoms with van der Waals surface area (Å²) in [5, 5.41) is 6.96. The van der Waals surface area contributed by atoms with E-state index in [-0.39, 0.29) is 6.04 Å². The standard InChI is InChI=1S/C17H18N4O2/c1-3-23-17(22)14-9-10-15(16(11-14)20-21-18)19-12(2)13-7-5-4-6-8-13/h4-12,19H,3H2,1-2H3. The molecule has 0 amide bonds. The van der Waals surface area contributed by atoms with Crippen LogP contribution < -0.4 is 5.32 Å². The molecule has 0 bridgehead atoms. The third kappa shape index (κ3) is 4.25. The number of nitrogens with one attached hydrogen (secondary N) is 1. The Bertz CT molecular complexity index is 725. The van der Waals surface area contributed by atoms with Crippen LogP contribution in [0.25, 0.3) is 10.4 Å². The summed E-state index contributed by atoms with van der Waals surface area (Å²) in [7, 11) is 0. The third-order valence-corrected chi connectivity index (χ3v) is 3.33. The van der Waals surface area contributed by atoms with Crippen LogP contribution in [0.2, 0.25) is 0 Å². The lowest BCUT2D eigenvalue weighted by atomic mass is 10.1. The van der Waals surface area contributed by atoms with Crippen LogP contribution in [-0.4, -0.2) is 12.6 Å². The van der Waals surface area contributed by atoms with Crippen molar-refractivity contribution >= 4 is 17.3 Å². The highest BCUT2D eigenvalue weighted by molar-refractivity contribution is 5.91. The van der Waals surface area contributed by atoms with Crippen molar-refractivity contribution in [2.24, 2.45) is 5.11 Å². The van der Waals surface area contributed by atoms with Crippen molar-refractivity contribution in [3.63, 3.8) is 0 Å². The summed E-state index contributed by atoms with van der Waals surface area (Å²) in [6.07, 6.45) is 0. The van der Waals surface area contributed by atoms with Gasteiger partial charge in [0.25, 0.3) is 0 Å². The van der Waals surface area contributed by atoms with Crippen LogP contribution in [0.5, 0.6) is 0 Å². The van der Waals surface area contributed by atoms with Gasteiger partial charge < -0.3 is 10.1 Å². The minimum absolute atomic E-state index is 0.0253. The minimum atomic E-state index is -0.440. The van der Waals surface area contributed by atoms with E-state index in [2.05, 4.69) is 15.3 Å². The zero-order valence-electron chi connectivity index (χ0n) is 13.1. The molecule has 2 aromatic carbocycles. The number of carbonyl (C=O) groups excluding carboxylic acids is 1. The third-order valence-electron chi connectivity index (χ3n) is 3.33. The van der Waals surface area contributed by atoms with E-state index in [1.807, 2.05) is 37.3 Å². The number of hydrogen-bond acceptors (Lipinski definition) is 4. The second kappa shape index (κ2) is 7.87. The topological polar surface area (TPSA) is 87.1 Å². The molecule has 0 heterocycles. The molecule has 0 aliphatic rings. The lowest BCUT2D eigenvalue weighted by Gasteiger charge is -2.17. The normalized spacial score (nSPS) is 11.2. The molecular formula is C17H18N4O2. The molecule has 6 heteroatoms. The molecule has 6 nitrogen and oxygen atoms in total. The molecule has 0 aromatic heterocycles. The van der Waals surface area contributed by atoms with Gasteiger partial charge >= 0.3 is 5.97 Å². The Morgan fingerprint density at radius 1 is 1.30 bits per heavy atom. The highest BCUT2D eigenvalue weighted by Gasteiger charge is 2.12. The Balaban J connectivity index is 2.27. The molecule has 0 fully saturated rings. The highest BCUT2D eigenvalue weighted by atomic mass is 16.5. The van der Waals surface area contributed by atoms with Gasteiger partial charge in [0.05, 0.1) is 17.9 Å². The number of azide groups is 1. The van der Waals surface area contributed by atoms with Crippen molar-refractivity contribution in [1.29, 1.82) is 0 Å². The second-order valence-electron chi connectivity index (χ2n) is 4.92. The van der Waals surface area contributed by atoms with Crippen molar-refractivity contribution in [2.45, 2.75) is 19.9 Å². The summed E-state index contributed by atoms with van der Waals surface area (Å²) in [5.41, 5.74) is 11.2. The van der Waals surface area contributed by atoms with Crippen LogP contribution >= 0.6 is 0 Å². The molecule has 0 saturated carbocycles. The Hall–Kier alpha value is -2.98. The second-order valence-corrected chi connectivity index (χ2v) is 4.92. The average molecular weight is 310 g/mol. The largest absolute Gasteiger partial charge is 0.462 e. The van der Waals surface area contributed by atoms with Gasteiger partial charge in [-0.25, -0.2) is 4.79 Å². The van der Waals surface area contributed by atoms with Gasteiger partial charge in [-0.2, -0.15) is 0 Å². The number of hydrogen-bond donors (Lipinski definition) is 1. The lowest BCUT2D eigenvalue weighted by molar-refractivity contribution is 0.0526. The van der Waals surface area contributed by atoms with E-state index >= 15 is 0 Å². The van der Waals surface area contributed by atoms with E-state index in [0.29, 0.717) is 23.5 Å². The molecule has 118 valence electrons. The lowest BCUT2D eigenvalue weighted by Crippen LogP contribution is -2.08. The van der Waals surface area contributed by atoms with Gasteiger partial charge in [0.1, 0.15) is 0 Å². The molecule has 0 spiro atoms. The molecule has 0 saturated heterocycles. The van der Waals surface area contributed by atoms with Gasteiger partial charge in [-0.15, -0.1) is 0 Å². The molecule has 2 aromatic rings. The Kier molecular flexibility index (Phi) is 5.61. The van der Waals surface area contributed by atoms with Crippen LogP contribution in [0.15, 0.2) is 53.6 Å². The molecule has 1 atom stereocenters. The first kappa shape index (κ1) is 16.4. The van der Waals surface area contributed by atoms with E-state index in [9.17, 15) is 4.79 Å². The summed E-state index contributed by atoms with van der Waals surface area (Å²) in [6, 6.07) is 14.8. The van der Waals surface area contributed by atoms with Crippen LogP contribution in [0.3, 0.4) is 0 Å². The van der Waals surface area contributed by atoms with E-state index in [1.165, 1.54) is 6.07 Å². The van der Waals surface area contributed by atoms with Crippen molar-refractivity contribution in [2.75, 3.05) is 11.9 Å². The number of benzene rings is 2. The monoisotopic (exact) mass is 310 g/mol. The highest BCUT2D eigenvalue weighted by Crippen LogP contribution is 2.30. The van der Waals surface area contributed by atoms with E-state index < -0.39 is 5.97 Å². The fourth-order valence-corrected chi connectivity index (χ4v) is 2.18. The maximum Gasteiger partial charge on any atom is 0.338 e. The average Bonchev–Trinajstić information content (AvgIpc) is 2.57. The van der Waals surface area contributed by atoms with Gasteiger partial charge in [0, 0.05) is 16.6 Å². The van der Waals surface area contributed by atoms with Crippen LogP contribution in [0.4, 0.5) is 11.4 Å². The molecule has 23 heavy (non-hydrogen) atoms. The van der Waals surface area contributed by atoms with Crippen LogP contribution in [0.1, 0.15) is 35.8 Å². The summed E-state index contributed by atoms with van der Waals surface area (Å²) in [4.78, 5) is 14.6. The van der Waals surface area contributed by atoms with E-state index in [0.717, 1.165) is 5.56 Å². The van der Waals surface area contributed by atoms with Crippen molar-refractivity contribution in [3.8, 4) is 0 Å². The number of ether oxygens (including phenoxy) is 1. The quantitative estimate of drug-likeness (QED) is 0.353. The molecular weight excluding hydrogens is 292 g/mol. The smallest absolute Gasteiger partial charge is 0.338 e. The summed E-state index contributed by atoms with van der Waals surface area (Å²) < 4.78 is 4.96. The molecule has 2 rings (SSSR count). The first-order chi connectivity index (χ1) is 11.2. The number of esters is 1. The Morgan fingerprint density at radius 2 is 2.04 bits per heavy atom.